The highest BCUT2D eigenvalue weighted by Crippen LogP contribution is 2.25. The third kappa shape index (κ3) is 3.90. The molecule has 1 aromatic heterocycles. The molecule has 3 aromatic rings. The molecule has 0 bridgehead atoms. The average Bonchev–Trinajstić information content (AvgIpc) is 3.02. The molecule has 6 heteroatoms. The van der Waals surface area contributed by atoms with Gasteiger partial charge in [-0.3, -0.25) is 0 Å². The van der Waals surface area contributed by atoms with Crippen LogP contribution in [0.5, 0.6) is 5.75 Å². The number of hydrogen-bond donors (Lipinski definition) is 0. The summed E-state index contributed by atoms with van der Waals surface area (Å²) >= 11 is 1.38. The van der Waals surface area contributed by atoms with Gasteiger partial charge in [-0.25, -0.2) is 4.39 Å². The van der Waals surface area contributed by atoms with E-state index in [-0.39, 0.29) is 11.6 Å². The summed E-state index contributed by atoms with van der Waals surface area (Å²) in [6.07, 6.45) is 0. The second kappa shape index (κ2) is 7.28. The van der Waals surface area contributed by atoms with Crippen molar-refractivity contribution in [2.24, 2.45) is 0 Å². The Morgan fingerprint density at radius 3 is 2.70 bits per heavy atom. The summed E-state index contributed by atoms with van der Waals surface area (Å²) in [7, 11) is 0. The molecule has 2 aromatic carbocycles. The Morgan fingerprint density at radius 2 is 1.87 bits per heavy atom. The molecular formula is C17H15FN2O2S. The lowest BCUT2D eigenvalue weighted by Gasteiger charge is -2.05. The van der Waals surface area contributed by atoms with Gasteiger partial charge in [0.25, 0.3) is 5.22 Å². The highest BCUT2D eigenvalue weighted by Gasteiger charge is 2.11. The van der Waals surface area contributed by atoms with Crippen LogP contribution in [0.2, 0.25) is 0 Å². The second-order valence-electron chi connectivity index (χ2n) is 4.82. The zero-order valence-corrected chi connectivity index (χ0v) is 13.3. The van der Waals surface area contributed by atoms with E-state index in [0.717, 1.165) is 11.1 Å². The Kier molecular flexibility index (Phi) is 4.92. The lowest BCUT2D eigenvalue weighted by molar-refractivity contribution is 0.324. The summed E-state index contributed by atoms with van der Waals surface area (Å²) in [6, 6.07) is 14.2. The van der Waals surface area contributed by atoms with Crippen molar-refractivity contribution >= 4 is 11.8 Å². The quantitative estimate of drug-likeness (QED) is 0.496. The summed E-state index contributed by atoms with van der Waals surface area (Å²) in [5, 5.41) is 8.55. The summed E-state index contributed by atoms with van der Waals surface area (Å²) in [6.45, 7) is 2.35. The largest absolute Gasteiger partial charge is 0.490 e. The van der Waals surface area contributed by atoms with E-state index in [1.165, 1.54) is 17.8 Å². The fourth-order valence-electron chi connectivity index (χ4n) is 2.03. The van der Waals surface area contributed by atoms with Crippen molar-refractivity contribution in [1.82, 2.24) is 10.2 Å². The number of aryl methyl sites for hydroxylation is 1. The topological polar surface area (TPSA) is 48.2 Å². The molecule has 3 rings (SSSR count). The average molecular weight is 330 g/mol. The van der Waals surface area contributed by atoms with E-state index in [0.29, 0.717) is 23.5 Å². The zero-order valence-electron chi connectivity index (χ0n) is 12.5. The van der Waals surface area contributed by atoms with Gasteiger partial charge in [-0.05, 0) is 30.7 Å². The predicted octanol–water partition coefficient (Wildman–Crippen LogP) is 4.36. The highest BCUT2D eigenvalue weighted by molar-refractivity contribution is 7.99. The minimum Gasteiger partial charge on any atom is -0.490 e. The fourth-order valence-corrected chi connectivity index (χ4v) is 2.61. The normalized spacial score (nSPS) is 10.7. The van der Waals surface area contributed by atoms with Crippen LogP contribution < -0.4 is 4.74 Å². The lowest BCUT2D eigenvalue weighted by Crippen LogP contribution is -2.01. The van der Waals surface area contributed by atoms with Crippen molar-refractivity contribution in [2.75, 3.05) is 12.4 Å². The minimum atomic E-state index is -0.364. The van der Waals surface area contributed by atoms with Crippen LogP contribution in [0.25, 0.3) is 11.5 Å². The van der Waals surface area contributed by atoms with Crippen LogP contribution in [0.4, 0.5) is 4.39 Å². The first-order valence-corrected chi connectivity index (χ1v) is 8.12. The molecule has 0 aliphatic carbocycles. The SMILES string of the molecule is Cc1ccccc1-c1nnc(SCCOc2ccccc2F)o1. The first kappa shape index (κ1) is 15.6. The molecule has 0 N–H and O–H groups in total. The first-order chi connectivity index (χ1) is 11.2. The van der Waals surface area contributed by atoms with Crippen LogP contribution in [-0.2, 0) is 0 Å². The van der Waals surface area contributed by atoms with Crippen molar-refractivity contribution in [3.8, 4) is 17.2 Å². The molecule has 0 spiro atoms. The zero-order chi connectivity index (χ0) is 16.1. The van der Waals surface area contributed by atoms with E-state index in [1.807, 2.05) is 31.2 Å². The molecular weight excluding hydrogens is 315 g/mol. The number of benzene rings is 2. The number of rotatable bonds is 6. The first-order valence-electron chi connectivity index (χ1n) is 7.13. The van der Waals surface area contributed by atoms with Crippen molar-refractivity contribution < 1.29 is 13.5 Å². The smallest absolute Gasteiger partial charge is 0.276 e. The third-order valence-electron chi connectivity index (χ3n) is 3.19. The van der Waals surface area contributed by atoms with Crippen LogP contribution in [0.3, 0.4) is 0 Å². The van der Waals surface area contributed by atoms with E-state index in [4.69, 9.17) is 9.15 Å². The van der Waals surface area contributed by atoms with Gasteiger partial charge in [0.1, 0.15) is 0 Å². The molecule has 0 saturated heterocycles. The maximum absolute atomic E-state index is 13.4. The maximum atomic E-state index is 13.4. The van der Waals surface area contributed by atoms with Gasteiger partial charge >= 0.3 is 0 Å². The monoisotopic (exact) mass is 330 g/mol. The summed E-state index contributed by atoms with van der Waals surface area (Å²) in [5.74, 6) is 0.973. The molecule has 0 saturated carbocycles. The van der Waals surface area contributed by atoms with E-state index < -0.39 is 0 Å². The van der Waals surface area contributed by atoms with Crippen LogP contribution in [-0.4, -0.2) is 22.6 Å². The number of nitrogens with zero attached hydrogens (tertiary/aromatic N) is 2. The Balaban J connectivity index is 1.54. The van der Waals surface area contributed by atoms with E-state index in [1.54, 1.807) is 18.2 Å². The molecule has 0 aliphatic rings. The number of ether oxygens (including phenoxy) is 1. The van der Waals surface area contributed by atoms with Gasteiger partial charge in [0.2, 0.25) is 5.89 Å². The van der Waals surface area contributed by atoms with Gasteiger partial charge in [0, 0.05) is 11.3 Å². The Morgan fingerprint density at radius 1 is 1.09 bits per heavy atom. The Bertz CT molecular complexity index is 792. The molecule has 0 atom stereocenters. The van der Waals surface area contributed by atoms with E-state index >= 15 is 0 Å². The van der Waals surface area contributed by atoms with E-state index in [2.05, 4.69) is 10.2 Å². The van der Waals surface area contributed by atoms with Crippen LogP contribution in [0.1, 0.15) is 5.56 Å². The lowest BCUT2D eigenvalue weighted by atomic mass is 10.1. The summed E-state index contributed by atoms with van der Waals surface area (Å²) < 4.78 is 24.4. The fraction of sp³-hybridized carbons (Fsp3) is 0.176. The van der Waals surface area contributed by atoms with Crippen LogP contribution in [0, 0.1) is 12.7 Å². The molecule has 0 radical (unpaired) electrons. The number of halogens is 1. The van der Waals surface area contributed by atoms with Crippen LogP contribution in [0.15, 0.2) is 58.2 Å². The van der Waals surface area contributed by atoms with Gasteiger partial charge in [0.05, 0.1) is 6.61 Å². The van der Waals surface area contributed by atoms with Gasteiger partial charge in [-0.2, -0.15) is 0 Å². The molecule has 0 amide bonds. The molecule has 0 unspecified atom stereocenters. The summed E-state index contributed by atoms with van der Waals surface area (Å²) in [4.78, 5) is 0. The van der Waals surface area contributed by atoms with Gasteiger partial charge in [-0.1, -0.05) is 42.1 Å². The van der Waals surface area contributed by atoms with Crippen molar-refractivity contribution in [2.45, 2.75) is 12.1 Å². The van der Waals surface area contributed by atoms with Gasteiger partial charge < -0.3 is 9.15 Å². The van der Waals surface area contributed by atoms with Crippen LogP contribution >= 0.6 is 11.8 Å². The maximum Gasteiger partial charge on any atom is 0.276 e. The molecule has 0 aliphatic heterocycles. The molecule has 118 valence electrons. The van der Waals surface area contributed by atoms with Crippen molar-refractivity contribution in [3.05, 3.63) is 59.9 Å². The Hall–Kier alpha value is -2.34. The molecule has 4 nitrogen and oxygen atoms in total. The molecule has 23 heavy (non-hydrogen) atoms. The number of hydrogen-bond acceptors (Lipinski definition) is 5. The number of para-hydroxylation sites is 1. The van der Waals surface area contributed by atoms with Crippen molar-refractivity contribution in [3.63, 3.8) is 0 Å². The predicted molar refractivity (Wildman–Crippen MR) is 87.1 cm³/mol. The Labute approximate surface area is 137 Å². The standard InChI is InChI=1S/C17H15FN2O2S/c1-12-6-2-3-7-13(12)16-19-20-17(22-16)23-11-10-21-15-9-5-4-8-14(15)18/h2-9H,10-11H2,1H3. The highest BCUT2D eigenvalue weighted by atomic mass is 32.2. The number of aromatic nitrogens is 2. The van der Waals surface area contributed by atoms with Crippen molar-refractivity contribution in [1.29, 1.82) is 0 Å². The van der Waals surface area contributed by atoms with E-state index in [9.17, 15) is 4.39 Å². The third-order valence-corrected chi connectivity index (χ3v) is 3.97. The van der Waals surface area contributed by atoms with Gasteiger partial charge in [-0.15, -0.1) is 10.2 Å². The summed E-state index contributed by atoms with van der Waals surface area (Å²) in [5.41, 5.74) is 2.00. The second-order valence-corrected chi connectivity index (χ2v) is 5.86. The minimum absolute atomic E-state index is 0.249. The van der Waals surface area contributed by atoms with Gasteiger partial charge in [0.15, 0.2) is 11.6 Å². The molecule has 1 heterocycles. The molecule has 0 fully saturated rings. The number of thioether (sulfide) groups is 1.